The third-order valence-electron chi connectivity index (χ3n) is 2.40. The first-order chi connectivity index (χ1) is 8.13. The SMILES string of the molecule is CCCNCCC(=O)Nc1ccc(Br)c(C)c1. The lowest BCUT2D eigenvalue weighted by atomic mass is 10.2. The molecule has 1 amide bonds. The standard InChI is InChI=1S/C13H19BrN2O/c1-3-7-15-8-6-13(17)16-11-4-5-12(14)10(2)9-11/h4-5,9,15H,3,6-8H2,1-2H3,(H,16,17). The van der Waals surface area contributed by atoms with Gasteiger partial charge in [0.15, 0.2) is 0 Å². The predicted octanol–water partition coefficient (Wildman–Crippen LogP) is 3.09. The van der Waals surface area contributed by atoms with Crippen LogP contribution in [0, 0.1) is 6.92 Å². The van der Waals surface area contributed by atoms with Crippen molar-refractivity contribution in [2.75, 3.05) is 18.4 Å². The first-order valence-electron chi connectivity index (χ1n) is 5.90. The largest absolute Gasteiger partial charge is 0.326 e. The molecule has 0 fully saturated rings. The molecule has 0 saturated carbocycles. The minimum Gasteiger partial charge on any atom is -0.326 e. The average molecular weight is 299 g/mol. The zero-order chi connectivity index (χ0) is 12.7. The fourth-order valence-electron chi connectivity index (χ4n) is 1.45. The number of nitrogens with one attached hydrogen (secondary N) is 2. The summed E-state index contributed by atoms with van der Waals surface area (Å²) in [5.41, 5.74) is 1.97. The highest BCUT2D eigenvalue weighted by Crippen LogP contribution is 2.19. The van der Waals surface area contributed by atoms with Crippen molar-refractivity contribution in [2.24, 2.45) is 0 Å². The van der Waals surface area contributed by atoms with Crippen molar-refractivity contribution < 1.29 is 4.79 Å². The van der Waals surface area contributed by atoms with E-state index >= 15 is 0 Å². The van der Waals surface area contributed by atoms with E-state index in [0.717, 1.165) is 35.2 Å². The van der Waals surface area contributed by atoms with E-state index in [1.54, 1.807) is 0 Å². The minimum absolute atomic E-state index is 0.0512. The molecule has 0 unspecified atom stereocenters. The number of carbonyl (C=O) groups excluding carboxylic acids is 1. The molecule has 17 heavy (non-hydrogen) atoms. The zero-order valence-corrected chi connectivity index (χ0v) is 11.9. The van der Waals surface area contributed by atoms with Gasteiger partial charge in [0.2, 0.25) is 5.91 Å². The van der Waals surface area contributed by atoms with Crippen LogP contribution < -0.4 is 10.6 Å². The maximum absolute atomic E-state index is 11.6. The number of hydrogen-bond donors (Lipinski definition) is 2. The second-order valence-electron chi connectivity index (χ2n) is 4.01. The molecule has 0 spiro atoms. The molecule has 0 aliphatic rings. The molecule has 1 rings (SSSR count). The van der Waals surface area contributed by atoms with Crippen LogP contribution in [0.3, 0.4) is 0 Å². The molecule has 0 aromatic heterocycles. The molecular weight excluding hydrogens is 280 g/mol. The molecule has 0 saturated heterocycles. The molecule has 3 nitrogen and oxygen atoms in total. The topological polar surface area (TPSA) is 41.1 Å². The van der Waals surface area contributed by atoms with Crippen molar-refractivity contribution in [3.05, 3.63) is 28.2 Å². The summed E-state index contributed by atoms with van der Waals surface area (Å²) in [6.45, 7) is 5.81. The summed E-state index contributed by atoms with van der Waals surface area (Å²) >= 11 is 3.43. The summed E-state index contributed by atoms with van der Waals surface area (Å²) < 4.78 is 1.06. The first kappa shape index (κ1) is 14.2. The van der Waals surface area contributed by atoms with Gasteiger partial charge in [0.1, 0.15) is 0 Å². The number of carbonyl (C=O) groups is 1. The number of aryl methyl sites for hydroxylation is 1. The monoisotopic (exact) mass is 298 g/mol. The predicted molar refractivity (Wildman–Crippen MR) is 75.3 cm³/mol. The Labute approximate surface area is 111 Å². The van der Waals surface area contributed by atoms with Gasteiger partial charge in [-0.25, -0.2) is 0 Å². The van der Waals surface area contributed by atoms with Gasteiger partial charge in [-0.1, -0.05) is 22.9 Å². The lowest BCUT2D eigenvalue weighted by Crippen LogP contribution is -2.22. The molecule has 0 aliphatic heterocycles. The van der Waals surface area contributed by atoms with Gasteiger partial charge in [0.25, 0.3) is 0 Å². The maximum Gasteiger partial charge on any atom is 0.225 e. The van der Waals surface area contributed by atoms with E-state index < -0.39 is 0 Å². The van der Waals surface area contributed by atoms with Crippen LogP contribution in [0.1, 0.15) is 25.3 Å². The highest BCUT2D eigenvalue weighted by atomic mass is 79.9. The summed E-state index contributed by atoms with van der Waals surface area (Å²) in [6.07, 6.45) is 1.60. The summed E-state index contributed by atoms with van der Waals surface area (Å²) in [5, 5.41) is 6.09. The van der Waals surface area contributed by atoms with Gasteiger partial charge in [-0.2, -0.15) is 0 Å². The Balaban J connectivity index is 2.37. The van der Waals surface area contributed by atoms with Gasteiger partial charge in [0, 0.05) is 23.1 Å². The zero-order valence-electron chi connectivity index (χ0n) is 10.3. The molecule has 4 heteroatoms. The van der Waals surface area contributed by atoms with Gasteiger partial charge < -0.3 is 10.6 Å². The number of anilines is 1. The van der Waals surface area contributed by atoms with Crippen molar-refractivity contribution in [2.45, 2.75) is 26.7 Å². The van der Waals surface area contributed by atoms with Crippen LogP contribution in [0.25, 0.3) is 0 Å². The summed E-state index contributed by atoms with van der Waals surface area (Å²) in [7, 11) is 0. The van der Waals surface area contributed by atoms with E-state index in [9.17, 15) is 4.79 Å². The molecule has 0 atom stereocenters. The van der Waals surface area contributed by atoms with Gasteiger partial charge >= 0.3 is 0 Å². The second-order valence-corrected chi connectivity index (χ2v) is 4.87. The lowest BCUT2D eigenvalue weighted by molar-refractivity contribution is -0.116. The van der Waals surface area contributed by atoms with Crippen LogP contribution in [0.2, 0.25) is 0 Å². The molecule has 1 aromatic carbocycles. The van der Waals surface area contributed by atoms with Crippen molar-refractivity contribution in [1.29, 1.82) is 0 Å². The molecule has 94 valence electrons. The number of hydrogen-bond acceptors (Lipinski definition) is 2. The van der Waals surface area contributed by atoms with Crippen LogP contribution in [0.4, 0.5) is 5.69 Å². The summed E-state index contributed by atoms with van der Waals surface area (Å²) in [5.74, 6) is 0.0512. The van der Waals surface area contributed by atoms with Crippen molar-refractivity contribution in [3.8, 4) is 0 Å². The van der Waals surface area contributed by atoms with Crippen LogP contribution in [0.15, 0.2) is 22.7 Å². The molecule has 0 aliphatic carbocycles. The van der Waals surface area contributed by atoms with Gasteiger partial charge in [-0.15, -0.1) is 0 Å². The third kappa shape index (κ3) is 5.33. The number of halogens is 1. The Kier molecular flexibility index (Phi) is 6.22. The van der Waals surface area contributed by atoms with Gasteiger partial charge in [0.05, 0.1) is 0 Å². The average Bonchev–Trinajstić information content (AvgIpc) is 2.30. The smallest absolute Gasteiger partial charge is 0.225 e. The van der Waals surface area contributed by atoms with E-state index in [0.29, 0.717) is 6.42 Å². The lowest BCUT2D eigenvalue weighted by Gasteiger charge is -2.07. The van der Waals surface area contributed by atoms with Gasteiger partial charge in [-0.3, -0.25) is 4.79 Å². The highest BCUT2D eigenvalue weighted by Gasteiger charge is 2.03. The molecule has 0 bridgehead atoms. The van der Waals surface area contributed by atoms with Crippen LogP contribution in [-0.4, -0.2) is 19.0 Å². The quantitative estimate of drug-likeness (QED) is 0.793. The Hall–Kier alpha value is -0.870. The molecule has 0 radical (unpaired) electrons. The van der Waals surface area contributed by atoms with Crippen LogP contribution in [0.5, 0.6) is 0 Å². The minimum atomic E-state index is 0.0512. The fourth-order valence-corrected chi connectivity index (χ4v) is 1.70. The maximum atomic E-state index is 11.6. The summed E-state index contributed by atoms with van der Waals surface area (Å²) in [4.78, 5) is 11.6. The Morgan fingerprint density at radius 2 is 2.12 bits per heavy atom. The second kappa shape index (κ2) is 7.45. The van der Waals surface area contributed by atoms with E-state index in [4.69, 9.17) is 0 Å². The number of benzene rings is 1. The van der Waals surface area contributed by atoms with E-state index in [2.05, 4.69) is 33.5 Å². The van der Waals surface area contributed by atoms with E-state index in [1.165, 1.54) is 0 Å². The number of amides is 1. The van der Waals surface area contributed by atoms with Crippen LogP contribution in [-0.2, 0) is 4.79 Å². The molecule has 2 N–H and O–H groups in total. The number of rotatable bonds is 6. The first-order valence-corrected chi connectivity index (χ1v) is 6.69. The van der Waals surface area contributed by atoms with Crippen molar-refractivity contribution in [1.82, 2.24) is 5.32 Å². The normalized spacial score (nSPS) is 10.3. The highest BCUT2D eigenvalue weighted by molar-refractivity contribution is 9.10. The van der Waals surface area contributed by atoms with Crippen LogP contribution >= 0.6 is 15.9 Å². The summed E-state index contributed by atoms with van der Waals surface area (Å²) in [6, 6.07) is 5.80. The Morgan fingerprint density at radius 3 is 2.76 bits per heavy atom. The van der Waals surface area contributed by atoms with E-state index in [1.807, 2.05) is 25.1 Å². The van der Waals surface area contributed by atoms with Crippen molar-refractivity contribution >= 4 is 27.5 Å². The van der Waals surface area contributed by atoms with Crippen molar-refractivity contribution in [3.63, 3.8) is 0 Å². The Bertz CT molecular complexity index is 380. The Morgan fingerprint density at radius 1 is 1.35 bits per heavy atom. The third-order valence-corrected chi connectivity index (χ3v) is 3.29. The fraction of sp³-hybridized carbons (Fsp3) is 0.462. The molecule has 0 heterocycles. The van der Waals surface area contributed by atoms with E-state index in [-0.39, 0.29) is 5.91 Å². The van der Waals surface area contributed by atoms with Gasteiger partial charge in [-0.05, 0) is 43.7 Å². The molecule has 1 aromatic rings. The molecular formula is C13H19BrN2O.